The molecule has 4 heterocycles. The minimum Gasteiger partial charge on any atom is -0.389 e. The zero-order valence-electron chi connectivity index (χ0n) is 22.6. The summed E-state index contributed by atoms with van der Waals surface area (Å²) in [7, 11) is 0. The van der Waals surface area contributed by atoms with Crippen LogP contribution in [0.4, 0.5) is 17.3 Å². The average Bonchev–Trinajstić information content (AvgIpc) is 3.71. The molecule has 3 aromatic heterocycles. The van der Waals surface area contributed by atoms with Crippen LogP contribution in [0.3, 0.4) is 0 Å². The summed E-state index contributed by atoms with van der Waals surface area (Å²) in [5.41, 5.74) is 2.35. The van der Waals surface area contributed by atoms with Crippen LogP contribution in [0.5, 0.6) is 0 Å². The standard InChI is InChI=1S/C28H34N8O3S/c1-18-14-24(33-32-18)30-26-21-6-5-13-36(21)34-27(31-26)40-20-9-7-19(8-10-20)29-25(38)17-35-15-22(37)23(16-35)39-28(2)11-3-4-12-28/h5-10,13-14,22-23,37H,3-4,11-12,15-17H2,1-2H3,(H,29,38)(H2,30,31,32,33,34)/t22-,23-/m0/s1. The van der Waals surface area contributed by atoms with E-state index in [0.717, 1.165) is 28.9 Å². The van der Waals surface area contributed by atoms with Crippen LogP contribution >= 0.6 is 11.8 Å². The fraction of sp³-hybridized carbons (Fsp3) is 0.429. The van der Waals surface area contributed by atoms with Crippen LogP contribution in [0.2, 0.25) is 0 Å². The summed E-state index contributed by atoms with van der Waals surface area (Å²) in [6, 6.07) is 13.4. The van der Waals surface area contributed by atoms with E-state index in [0.29, 0.717) is 35.6 Å². The van der Waals surface area contributed by atoms with Crippen LogP contribution in [0.25, 0.3) is 5.52 Å². The van der Waals surface area contributed by atoms with Gasteiger partial charge in [-0.25, -0.2) is 9.50 Å². The molecule has 1 saturated carbocycles. The molecule has 1 aliphatic heterocycles. The Morgan fingerprint density at radius 3 is 2.77 bits per heavy atom. The summed E-state index contributed by atoms with van der Waals surface area (Å²) >= 11 is 1.43. The molecule has 4 aromatic rings. The monoisotopic (exact) mass is 562 g/mol. The summed E-state index contributed by atoms with van der Waals surface area (Å²) in [6.07, 6.45) is 5.45. The van der Waals surface area contributed by atoms with Crippen LogP contribution in [-0.2, 0) is 9.53 Å². The molecule has 1 amide bonds. The smallest absolute Gasteiger partial charge is 0.238 e. The van der Waals surface area contributed by atoms with E-state index in [1.54, 1.807) is 4.52 Å². The molecule has 0 radical (unpaired) electrons. The lowest BCUT2D eigenvalue weighted by molar-refractivity contribution is -0.117. The number of likely N-dealkylation sites (tertiary alicyclic amines) is 1. The molecule has 1 saturated heterocycles. The molecule has 0 spiro atoms. The van der Waals surface area contributed by atoms with Crippen molar-refractivity contribution in [3.63, 3.8) is 0 Å². The van der Waals surface area contributed by atoms with E-state index in [1.165, 1.54) is 24.6 Å². The molecule has 2 aliphatic rings. The number of aliphatic hydroxyl groups excluding tert-OH is 1. The summed E-state index contributed by atoms with van der Waals surface area (Å²) < 4.78 is 8.06. The number of aromatic amines is 1. The van der Waals surface area contributed by atoms with E-state index in [2.05, 4.69) is 32.9 Å². The van der Waals surface area contributed by atoms with Gasteiger partial charge in [0.25, 0.3) is 0 Å². The van der Waals surface area contributed by atoms with Crippen molar-refractivity contribution in [3.05, 3.63) is 54.4 Å². The Morgan fingerprint density at radius 2 is 2.02 bits per heavy atom. The van der Waals surface area contributed by atoms with Gasteiger partial charge in [-0.05, 0) is 74.8 Å². The number of carbonyl (C=O) groups excluding carboxylic acids is 1. The predicted molar refractivity (Wildman–Crippen MR) is 153 cm³/mol. The molecule has 2 fully saturated rings. The van der Waals surface area contributed by atoms with E-state index < -0.39 is 6.10 Å². The minimum absolute atomic E-state index is 0.119. The van der Waals surface area contributed by atoms with Crippen molar-refractivity contribution < 1.29 is 14.6 Å². The molecular weight excluding hydrogens is 528 g/mol. The van der Waals surface area contributed by atoms with E-state index >= 15 is 0 Å². The van der Waals surface area contributed by atoms with Crippen molar-refractivity contribution in [1.82, 2.24) is 29.7 Å². The van der Waals surface area contributed by atoms with Crippen molar-refractivity contribution in [2.75, 3.05) is 30.3 Å². The number of rotatable bonds is 9. The zero-order valence-corrected chi connectivity index (χ0v) is 23.4. The minimum atomic E-state index is -0.575. The third-order valence-corrected chi connectivity index (χ3v) is 8.31. The van der Waals surface area contributed by atoms with Crippen molar-refractivity contribution in [3.8, 4) is 0 Å². The fourth-order valence-electron chi connectivity index (χ4n) is 5.45. The number of ether oxygens (including phenoxy) is 1. The highest BCUT2D eigenvalue weighted by Gasteiger charge is 2.39. The van der Waals surface area contributed by atoms with Gasteiger partial charge in [-0.1, -0.05) is 12.8 Å². The summed E-state index contributed by atoms with van der Waals surface area (Å²) in [5, 5.41) is 29.1. The van der Waals surface area contributed by atoms with Gasteiger partial charge in [0.1, 0.15) is 5.52 Å². The van der Waals surface area contributed by atoms with Crippen LogP contribution in [0.1, 0.15) is 38.3 Å². The molecule has 11 nitrogen and oxygen atoms in total. The molecule has 1 aromatic carbocycles. The number of fused-ring (bicyclic) bond motifs is 1. The number of anilines is 3. The van der Waals surface area contributed by atoms with Gasteiger partial charge in [0.15, 0.2) is 11.6 Å². The first-order chi connectivity index (χ1) is 19.3. The zero-order chi connectivity index (χ0) is 27.7. The SMILES string of the molecule is Cc1cc(Nc2nc(Sc3ccc(NC(=O)CN4C[C@H](OC5(C)CCCC5)[C@@H](O)C4)cc3)nn3cccc23)n[nH]1. The Bertz CT molecular complexity index is 1480. The Balaban J connectivity index is 1.05. The van der Waals surface area contributed by atoms with Crippen LogP contribution in [0, 0.1) is 6.92 Å². The Labute approximate surface area is 236 Å². The maximum atomic E-state index is 12.7. The number of hydrogen-bond donors (Lipinski definition) is 4. The van der Waals surface area contributed by atoms with Gasteiger partial charge in [-0.15, -0.1) is 5.10 Å². The third kappa shape index (κ3) is 6.15. The van der Waals surface area contributed by atoms with Crippen LogP contribution in [0.15, 0.2) is 58.7 Å². The lowest BCUT2D eigenvalue weighted by atomic mass is 10.0. The van der Waals surface area contributed by atoms with Gasteiger partial charge in [0.2, 0.25) is 11.1 Å². The molecule has 4 N–H and O–H groups in total. The second-order valence-corrected chi connectivity index (χ2v) is 11.9. The van der Waals surface area contributed by atoms with Gasteiger partial charge in [0, 0.05) is 41.6 Å². The molecule has 6 rings (SSSR count). The largest absolute Gasteiger partial charge is 0.389 e. The lowest BCUT2D eigenvalue weighted by Crippen LogP contribution is -2.37. The van der Waals surface area contributed by atoms with E-state index in [1.807, 2.05) is 60.5 Å². The molecule has 40 heavy (non-hydrogen) atoms. The summed E-state index contributed by atoms with van der Waals surface area (Å²) in [6.45, 7) is 5.28. The third-order valence-electron chi connectivity index (χ3n) is 7.45. The molecule has 0 bridgehead atoms. The molecule has 210 valence electrons. The lowest BCUT2D eigenvalue weighted by Gasteiger charge is -2.29. The number of hydrogen-bond acceptors (Lipinski definition) is 9. The maximum absolute atomic E-state index is 12.7. The van der Waals surface area contributed by atoms with Crippen molar-refractivity contribution >= 4 is 40.5 Å². The number of aliphatic hydroxyl groups is 1. The topological polar surface area (TPSA) is 133 Å². The Kier molecular flexibility index (Phi) is 7.49. The first kappa shape index (κ1) is 26.8. The number of H-pyrrole nitrogens is 1. The second kappa shape index (κ2) is 11.2. The number of aromatic nitrogens is 5. The highest BCUT2D eigenvalue weighted by Crippen LogP contribution is 2.35. The highest BCUT2D eigenvalue weighted by molar-refractivity contribution is 7.99. The predicted octanol–water partition coefficient (Wildman–Crippen LogP) is 3.99. The van der Waals surface area contributed by atoms with Gasteiger partial charge < -0.3 is 20.5 Å². The molecule has 2 atom stereocenters. The van der Waals surface area contributed by atoms with E-state index in [4.69, 9.17) is 9.72 Å². The number of benzene rings is 1. The van der Waals surface area contributed by atoms with Crippen molar-refractivity contribution in [2.45, 2.75) is 67.4 Å². The number of carbonyl (C=O) groups is 1. The molecule has 1 aliphatic carbocycles. The number of aryl methyl sites for hydroxylation is 1. The van der Waals surface area contributed by atoms with Crippen molar-refractivity contribution in [1.29, 1.82) is 0 Å². The molecule has 0 unspecified atom stereocenters. The summed E-state index contributed by atoms with van der Waals surface area (Å²) in [4.78, 5) is 20.3. The van der Waals surface area contributed by atoms with Gasteiger partial charge in [-0.3, -0.25) is 14.8 Å². The van der Waals surface area contributed by atoms with Gasteiger partial charge in [0.05, 0.1) is 24.4 Å². The Hall–Kier alpha value is -3.45. The number of β-amino-alcohol motifs (C(OH)–C–C–N with tert-alkyl or cyclic N) is 1. The van der Waals surface area contributed by atoms with Gasteiger partial charge >= 0.3 is 0 Å². The molecule has 12 heteroatoms. The Morgan fingerprint density at radius 1 is 1.23 bits per heavy atom. The quantitative estimate of drug-likeness (QED) is 0.239. The summed E-state index contributed by atoms with van der Waals surface area (Å²) in [5.74, 6) is 1.23. The highest BCUT2D eigenvalue weighted by atomic mass is 32.2. The van der Waals surface area contributed by atoms with Crippen LogP contribution < -0.4 is 10.6 Å². The van der Waals surface area contributed by atoms with E-state index in [9.17, 15) is 9.90 Å². The van der Waals surface area contributed by atoms with Crippen molar-refractivity contribution in [2.24, 2.45) is 0 Å². The normalized spacial score (nSPS) is 20.8. The van der Waals surface area contributed by atoms with E-state index in [-0.39, 0.29) is 24.2 Å². The fourth-order valence-corrected chi connectivity index (χ4v) is 6.20. The van der Waals surface area contributed by atoms with Crippen LogP contribution in [-0.4, -0.2) is 78.2 Å². The first-order valence-corrected chi connectivity index (χ1v) is 14.4. The first-order valence-electron chi connectivity index (χ1n) is 13.6. The maximum Gasteiger partial charge on any atom is 0.238 e. The number of nitrogens with zero attached hydrogens (tertiary/aromatic N) is 5. The number of amides is 1. The second-order valence-electron chi connectivity index (χ2n) is 10.9. The number of nitrogens with one attached hydrogen (secondary N) is 3. The van der Waals surface area contributed by atoms with Gasteiger partial charge in [-0.2, -0.15) is 5.10 Å². The average molecular weight is 563 g/mol. The molecular formula is C28H34N8O3S.